The zero-order chi connectivity index (χ0) is 13.5. The molecule has 1 fully saturated rings. The zero-order valence-corrected chi connectivity index (χ0v) is 12.7. The van der Waals surface area contributed by atoms with Gasteiger partial charge in [-0.1, -0.05) is 13.3 Å². The minimum absolute atomic E-state index is 0.231. The molecule has 3 nitrogen and oxygen atoms in total. The predicted octanol–water partition coefficient (Wildman–Crippen LogP) is 3.32. The normalized spacial score (nSPS) is 33.5. The van der Waals surface area contributed by atoms with Crippen molar-refractivity contribution in [3.05, 3.63) is 21.9 Å². The molecule has 1 aromatic rings. The highest BCUT2D eigenvalue weighted by molar-refractivity contribution is 7.10. The van der Waals surface area contributed by atoms with Crippen LogP contribution in [0.2, 0.25) is 0 Å². The van der Waals surface area contributed by atoms with Crippen molar-refractivity contribution in [1.29, 1.82) is 0 Å². The van der Waals surface area contributed by atoms with E-state index in [1.807, 2.05) is 0 Å². The Hall–Kier alpha value is -0.710. The lowest BCUT2D eigenvalue weighted by molar-refractivity contribution is -0.739. The summed E-state index contributed by atoms with van der Waals surface area (Å²) < 4.78 is 14.8. The van der Waals surface area contributed by atoms with E-state index in [-0.39, 0.29) is 12.2 Å². The highest BCUT2D eigenvalue weighted by Crippen LogP contribution is 2.43. The Labute approximate surface area is 118 Å². The smallest absolute Gasteiger partial charge is 0.287 e. The lowest BCUT2D eigenvalue weighted by atomic mass is 10.1. The second-order valence-electron chi connectivity index (χ2n) is 5.56. The van der Waals surface area contributed by atoms with Crippen molar-refractivity contribution in [3.63, 3.8) is 0 Å². The molecule has 2 unspecified atom stereocenters. The van der Waals surface area contributed by atoms with Crippen LogP contribution < -0.4 is 0 Å². The third-order valence-electron chi connectivity index (χ3n) is 3.79. The average molecular weight is 280 g/mol. The molecule has 0 N–H and O–H groups in total. The summed E-state index contributed by atoms with van der Waals surface area (Å²) in [6.07, 6.45) is 5.96. The highest BCUT2D eigenvalue weighted by atomic mass is 32.1. The molecule has 0 aliphatic carbocycles. The van der Waals surface area contributed by atoms with E-state index in [0.29, 0.717) is 0 Å². The molecule has 3 heterocycles. The molecular formula is C15H22NO2S+. The summed E-state index contributed by atoms with van der Waals surface area (Å²) in [7, 11) is 0. The first-order valence-electron chi connectivity index (χ1n) is 7.21. The molecule has 2 atom stereocenters. The lowest BCUT2D eigenvalue weighted by Gasteiger charge is -2.37. The third-order valence-corrected chi connectivity index (χ3v) is 4.80. The summed E-state index contributed by atoms with van der Waals surface area (Å²) in [6.45, 7) is 7.48. The third kappa shape index (κ3) is 2.16. The van der Waals surface area contributed by atoms with Gasteiger partial charge in [0.25, 0.3) is 0 Å². The maximum atomic E-state index is 6.28. The Balaban J connectivity index is 1.98. The molecule has 1 aromatic heterocycles. The van der Waals surface area contributed by atoms with E-state index >= 15 is 0 Å². The molecule has 0 bridgehead atoms. The summed E-state index contributed by atoms with van der Waals surface area (Å²) in [5.41, 5.74) is 1.25. The predicted molar refractivity (Wildman–Crippen MR) is 76.9 cm³/mol. The number of thiophene rings is 1. The fraction of sp³-hybridized carbons (Fsp3) is 0.667. The van der Waals surface area contributed by atoms with Gasteiger partial charge in [-0.25, -0.2) is 0 Å². The molecule has 0 aromatic carbocycles. The molecular weight excluding hydrogens is 258 g/mol. The number of nitrogens with zero attached hydrogens (tertiary/aromatic N) is 1. The first kappa shape index (κ1) is 13.3. The SMILES string of the molecule is CCCC[N+]1=Cc2ccsc2C12OC(C)CC(C)O2. The molecule has 1 saturated heterocycles. The number of fused-ring (bicyclic) bond motifs is 2. The van der Waals surface area contributed by atoms with Crippen molar-refractivity contribution in [2.75, 3.05) is 6.54 Å². The van der Waals surface area contributed by atoms with Gasteiger partial charge in [-0.05, 0) is 25.3 Å². The lowest BCUT2D eigenvalue weighted by Crippen LogP contribution is -2.50. The molecule has 1 spiro atoms. The molecule has 2 aliphatic rings. The van der Waals surface area contributed by atoms with Gasteiger partial charge in [-0.15, -0.1) is 11.3 Å². The Kier molecular flexibility index (Phi) is 3.50. The summed E-state index contributed by atoms with van der Waals surface area (Å²) in [5, 5.41) is 2.12. The van der Waals surface area contributed by atoms with Crippen LogP contribution in [0.1, 0.15) is 50.5 Å². The van der Waals surface area contributed by atoms with Crippen LogP contribution in [0.3, 0.4) is 0 Å². The van der Waals surface area contributed by atoms with Crippen LogP contribution in [0.4, 0.5) is 0 Å². The fourth-order valence-electron chi connectivity index (χ4n) is 2.98. The summed E-state index contributed by atoms with van der Waals surface area (Å²) >= 11 is 1.74. The first-order chi connectivity index (χ1) is 9.15. The number of rotatable bonds is 3. The summed E-state index contributed by atoms with van der Waals surface area (Å²) in [4.78, 5) is 1.21. The van der Waals surface area contributed by atoms with Crippen molar-refractivity contribution in [1.82, 2.24) is 0 Å². The Bertz CT molecular complexity index is 484. The second-order valence-corrected chi connectivity index (χ2v) is 6.47. The Morgan fingerprint density at radius 2 is 2.11 bits per heavy atom. The second kappa shape index (κ2) is 5.00. The maximum absolute atomic E-state index is 6.28. The van der Waals surface area contributed by atoms with Crippen molar-refractivity contribution in [3.8, 4) is 0 Å². The Morgan fingerprint density at radius 1 is 1.37 bits per heavy atom. The van der Waals surface area contributed by atoms with Crippen LogP contribution in [-0.2, 0) is 15.4 Å². The molecule has 3 rings (SSSR count). The van der Waals surface area contributed by atoms with E-state index in [4.69, 9.17) is 9.47 Å². The minimum atomic E-state index is -0.657. The molecule has 4 heteroatoms. The van der Waals surface area contributed by atoms with Crippen LogP contribution in [-0.4, -0.2) is 29.5 Å². The molecule has 104 valence electrons. The van der Waals surface area contributed by atoms with E-state index in [2.05, 4.69) is 43.0 Å². The van der Waals surface area contributed by atoms with Crippen molar-refractivity contribution in [2.45, 2.75) is 58.2 Å². The fourth-order valence-corrected chi connectivity index (χ4v) is 3.95. The minimum Gasteiger partial charge on any atom is -0.287 e. The van der Waals surface area contributed by atoms with E-state index in [0.717, 1.165) is 19.4 Å². The zero-order valence-electron chi connectivity index (χ0n) is 11.9. The van der Waals surface area contributed by atoms with Crippen molar-refractivity contribution in [2.24, 2.45) is 0 Å². The molecule has 19 heavy (non-hydrogen) atoms. The van der Waals surface area contributed by atoms with Crippen LogP contribution in [0.25, 0.3) is 0 Å². The van der Waals surface area contributed by atoms with Crippen LogP contribution in [0.5, 0.6) is 0 Å². The van der Waals surface area contributed by atoms with Gasteiger partial charge in [0, 0.05) is 12.8 Å². The maximum Gasteiger partial charge on any atom is 0.425 e. The number of hydrogen-bond acceptors (Lipinski definition) is 3. The highest BCUT2D eigenvalue weighted by Gasteiger charge is 2.57. The van der Waals surface area contributed by atoms with Gasteiger partial charge in [0.05, 0.1) is 17.8 Å². The van der Waals surface area contributed by atoms with Gasteiger partial charge < -0.3 is 0 Å². The largest absolute Gasteiger partial charge is 0.425 e. The standard InChI is InChI=1S/C15H22NO2S/c1-4-5-7-16-10-13-6-8-19-14(13)15(16)17-11(2)9-12(3)18-15/h6,8,10-12H,4-5,7,9H2,1-3H3/q+1. The van der Waals surface area contributed by atoms with E-state index in [9.17, 15) is 0 Å². The van der Waals surface area contributed by atoms with Gasteiger partial charge in [-0.2, -0.15) is 4.58 Å². The number of hydrogen-bond donors (Lipinski definition) is 0. The van der Waals surface area contributed by atoms with E-state index in [1.54, 1.807) is 11.3 Å². The Morgan fingerprint density at radius 3 is 2.79 bits per heavy atom. The van der Waals surface area contributed by atoms with Gasteiger partial charge in [0.1, 0.15) is 6.54 Å². The molecule has 0 saturated carbocycles. The topological polar surface area (TPSA) is 21.5 Å². The van der Waals surface area contributed by atoms with Gasteiger partial charge in [0.2, 0.25) is 0 Å². The number of ether oxygens (including phenoxy) is 2. The molecule has 0 radical (unpaired) electrons. The van der Waals surface area contributed by atoms with Crippen molar-refractivity contribution >= 4 is 17.6 Å². The van der Waals surface area contributed by atoms with Gasteiger partial charge in [0.15, 0.2) is 11.1 Å². The van der Waals surface area contributed by atoms with Crippen molar-refractivity contribution < 1.29 is 14.0 Å². The first-order valence-corrected chi connectivity index (χ1v) is 8.09. The summed E-state index contributed by atoms with van der Waals surface area (Å²) in [6, 6.07) is 2.16. The van der Waals surface area contributed by atoms with Crippen LogP contribution in [0.15, 0.2) is 11.4 Å². The summed E-state index contributed by atoms with van der Waals surface area (Å²) in [5.74, 6) is -0.657. The van der Waals surface area contributed by atoms with Crippen LogP contribution in [0, 0.1) is 0 Å². The van der Waals surface area contributed by atoms with E-state index < -0.39 is 5.91 Å². The molecule has 2 aliphatic heterocycles. The van der Waals surface area contributed by atoms with Crippen LogP contribution >= 0.6 is 11.3 Å². The quantitative estimate of drug-likeness (QED) is 0.792. The van der Waals surface area contributed by atoms with Gasteiger partial charge >= 0.3 is 5.91 Å². The van der Waals surface area contributed by atoms with E-state index in [1.165, 1.54) is 16.9 Å². The number of unbranched alkanes of at least 4 members (excludes halogenated alkanes) is 1. The monoisotopic (exact) mass is 280 g/mol. The van der Waals surface area contributed by atoms with Gasteiger partial charge in [-0.3, -0.25) is 9.47 Å². The average Bonchev–Trinajstić information content (AvgIpc) is 2.89. The molecule has 0 amide bonds.